The van der Waals surface area contributed by atoms with E-state index >= 15 is 0 Å². The Hall–Kier alpha value is -1.43. The highest BCUT2D eigenvalue weighted by Gasteiger charge is 2.53. The van der Waals surface area contributed by atoms with E-state index in [1.807, 2.05) is 18.2 Å². The first-order chi connectivity index (χ1) is 9.19. The van der Waals surface area contributed by atoms with Gasteiger partial charge in [0.05, 0.1) is 0 Å². The number of hydrogen-bond acceptors (Lipinski definition) is 4. The summed E-state index contributed by atoms with van der Waals surface area (Å²) in [6, 6.07) is 9.09. The Bertz CT molecular complexity index is 430. The second kappa shape index (κ2) is 5.69. The minimum absolute atomic E-state index is 0.121. The number of methoxy groups -OCH3 is 3. The number of likely N-dealkylation sites (tertiary alicyclic amines) is 1. The van der Waals surface area contributed by atoms with Gasteiger partial charge >= 0.3 is 0 Å². The molecule has 19 heavy (non-hydrogen) atoms. The molecule has 1 aliphatic rings. The number of hydrogen-bond donors (Lipinski definition) is 0. The van der Waals surface area contributed by atoms with E-state index in [2.05, 4.69) is 0 Å². The van der Waals surface area contributed by atoms with Crippen molar-refractivity contribution in [3.63, 3.8) is 0 Å². The van der Waals surface area contributed by atoms with Crippen molar-refractivity contribution in [2.45, 2.75) is 18.4 Å². The quantitative estimate of drug-likeness (QED) is 0.774. The van der Waals surface area contributed by atoms with E-state index in [1.54, 1.807) is 24.1 Å². The maximum atomic E-state index is 12.6. The molecule has 1 heterocycles. The molecule has 0 saturated carbocycles. The first kappa shape index (κ1) is 14.0. The van der Waals surface area contributed by atoms with Crippen LogP contribution in [0.15, 0.2) is 30.3 Å². The second-order valence-electron chi connectivity index (χ2n) is 4.37. The van der Waals surface area contributed by atoms with Gasteiger partial charge in [-0.1, -0.05) is 18.2 Å². The predicted molar refractivity (Wildman–Crippen MR) is 69.6 cm³/mol. The fraction of sp³-hybridized carbons (Fsp3) is 0.500. The van der Waals surface area contributed by atoms with Gasteiger partial charge in [0.1, 0.15) is 6.10 Å². The molecule has 0 spiro atoms. The van der Waals surface area contributed by atoms with Crippen LogP contribution in [0.3, 0.4) is 0 Å². The molecule has 1 aromatic carbocycles. The number of carbonyl (C=O) groups is 1. The lowest BCUT2D eigenvalue weighted by Crippen LogP contribution is -2.56. The van der Waals surface area contributed by atoms with Crippen LogP contribution in [0.1, 0.15) is 16.8 Å². The maximum Gasteiger partial charge on any atom is 0.281 e. The fourth-order valence-corrected chi connectivity index (χ4v) is 2.57. The molecule has 5 nitrogen and oxygen atoms in total. The van der Waals surface area contributed by atoms with E-state index in [9.17, 15) is 4.79 Å². The van der Waals surface area contributed by atoms with Gasteiger partial charge in [-0.25, -0.2) is 0 Å². The van der Waals surface area contributed by atoms with Crippen LogP contribution >= 0.6 is 0 Å². The molecule has 1 unspecified atom stereocenters. The van der Waals surface area contributed by atoms with E-state index in [0.717, 1.165) is 0 Å². The summed E-state index contributed by atoms with van der Waals surface area (Å²) in [4.78, 5) is 14.1. The fourth-order valence-electron chi connectivity index (χ4n) is 2.57. The summed E-state index contributed by atoms with van der Waals surface area (Å²) in [5.74, 6) is -1.27. The minimum Gasteiger partial charge on any atom is -0.374 e. The third-order valence-corrected chi connectivity index (χ3v) is 3.53. The molecule has 1 atom stereocenters. The van der Waals surface area contributed by atoms with Gasteiger partial charge in [0.15, 0.2) is 0 Å². The molecule has 0 aliphatic carbocycles. The molecule has 0 N–H and O–H groups in total. The number of carbonyl (C=O) groups excluding carboxylic acids is 1. The molecule has 0 bridgehead atoms. The normalized spacial score (nSPS) is 21.6. The Morgan fingerprint density at radius 3 is 2.37 bits per heavy atom. The van der Waals surface area contributed by atoms with Crippen LogP contribution < -0.4 is 0 Å². The van der Waals surface area contributed by atoms with E-state index in [-0.39, 0.29) is 12.0 Å². The summed E-state index contributed by atoms with van der Waals surface area (Å²) in [6.07, 6.45) is 0.381. The molecule has 1 aliphatic heterocycles. The van der Waals surface area contributed by atoms with Crippen LogP contribution in [0, 0.1) is 0 Å². The van der Waals surface area contributed by atoms with Crippen molar-refractivity contribution in [1.82, 2.24) is 4.90 Å². The summed E-state index contributed by atoms with van der Waals surface area (Å²) in [6.45, 7) is 0.536. The van der Waals surface area contributed by atoms with Gasteiger partial charge in [-0.2, -0.15) is 0 Å². The molecular formula is C14H19NO4. The molecule has 0 aromatic heterocycles. The molecule has 1 aromatic rings. The number of amides is 1. The predicted octanol–water partition coefficient (Wildman–Crippen LogP) is 1.49. The summed E-state index contributed by atoms with van der Waals surface area (Å²) in [5.41, 5.74) is 0.609. The van der Waals surface area contributed by atoms with Crippen molar-refractivity contribution in [3.05, 3.63) is 35.9 Å². The highest BCUT2D eigenvalue weighted by molar-refractivity contribution is 5.94. The van der Waals surface area contributed by atoms with Crippen LogP contribution in [-0.2, 0) is 14.2 Å². The molecule has 2 rings (SSSR count). The van der Waals surface area contributed by atoms with Crippen molar-refractivity contribution >= 4 is 5.91 Å². The molecule has 1 saturated heterocycles. The van der Waals surface area contributed by atoms with Gasteiger partial charge in [0, 0.05) is 33.4 Å². The van der Waals surface area contributed by atoms with Gasteiger partial charge in [0.25, 0.3) is 11.8 Å². The largest absolute Gasteiger partial charge is 0.374 e. The third kappa shape index (κ3) is 2.25. The van der Waals surface area contributed by atoms with Crippen molar-refractivity contribution in [1.29, 1.82) is 0 Å². The monoisotopic (exact) mass is 265 g/mol. The second-order valence-corrected chi connectivity index (χ2v) is 4.37. The Balaban J connectivity index is 2.31. The molecular weight excluding hydrogens is 246 g/mol. The zero-order valence-electron chi connectivity index (χ0n) is 11.5. The minimum atomic E-state index is -1.15. The first-order valence-corrected chi connectivity index (χ1v) is 6.19. The Labute approximate surface area is 113 Å². The number of benzene rings is 1. The van der Waals surface area contributed by atoms with Crippen LogP contribution in [0.25, 0.3) is 0 Å². The summed E-state index contributed by atoms with van der Waals surface area (Å²) in [5, 5.41) is 0. The molecule has 0 radical (unpaired) electrons. The van der Waals surface area contributed by atoms with Gasteiger partial charge in [-0.15, -0.1) is 0 Å². The molecule has 1 amide bonds. The van der Waals surface area contributed by atoms with Crippen LogP contribution in [0.2, 0.25) is 0 Å². The van der Waals surface area contributed by atoms with Crippen molar-refractivity contribution in [3.8, 4) is 0 Å². The first-order valence-electron chi connectivity index (χ1n) is 6.19. The zero-order valence-corrected chi connectivity index (χ0v) is 11.5. The Kier molecular flexibility index (Phi) is 4.19. The standard InChI is InChI=1S/C14H19NO4/c1-17-12-9-10-15(14(12,18-2)19-3)13(16)11-7-5-4-6-8-11/h4-8,12H,9-10H2,1-3H3. The highest BCUT2D eigenvalue weighted by atomic mass is 16.7. The average molecular weight is 265 g/mol. The lowest BCUT2D eigenvalue weighted by atomic mass is 10.2. The van der Waals surface area contributed by atoms with E-state index in [0.29, 0.717) is 18.5 Å². The summed E-state index contributed by atoms with van der Waals surface area (Å²) >= 11 is 0. The van der Waals surface area contributed by atoms with E-state index < -0.39 is 5.91 Å². The molecule has 1 fully saturated rings. The van der Waals surface area contributed by atoms with E-state index in [1.165, 1.54) is 14.2 Å². The SMILES string of the molecule is COC1CCN(C(=O)c2ccccc2)C1(OC)OC. The van der Waals surface area contributed by atoms with Crippen molar-refractivity contribution in [2.75, 3.05) is 27.9 Å². The zero-order chi connectivity index (χ0) is 13.9. The van der Waals surface area contributed by atoms with Crippen molar-refractivity contribution in [2.24, 2.45) is 0 Å². The highest BCUT2D eigenvalue weighted by Crippen LogP contribution is 2.34. The topological polar surface area (TPSA) is 48.0 Å². The summed E-state index contributed by atoms with van der Waals surface area (Å²) in [7, 11) is 4.63. The van der Waals surface area contributed by atoms with Gasteiger partial charge in [-0.3, -0.25) is 9.69 Å². The van der Waals surface area contributed by atoms with Crippen molar-refractivity contribution < 1.29 is 19.0 Å². The Morgan fingerprint density at radius 1 is 1.21 bits per heavy atom. The van der Waals surface area contributed by atoms with Crippen LogP contribution in [0.4, 0.5) is 0 Å². The molecule has 5 heteroatoms. The number of ether oxygens (including phenoxy) is 3. The van der Waals surface area contributed by atoms with Crippen LogP contribution in [0.5, 0.6) is 0 Å². The number of nitrogens with zero attached hydrogens (tertiary/aromatic N) is 1. The van der Waals surface area contributed by atoms with Crippen LogP contribution in [-0.4, -0.2) is 50.7 Å². The third-order valence-electron chi connectivity index (χ3n) is 3.53. The average Bonchev–Trinajstić information content (AvgIpc) is 2.86. The summed E-state index contributed by atoms with van der Waals surface area (Å²) < 4.78 is 16.3. The lowest BCUT2D eigenvalue weighted by Gasteiger charge is -2.38. The smallest absolute Gasteiger partial charge is 0.281 e. The van der Waals surface area contributed by atoms with Gasteiger partial charge < -0.3 is 14.2 Å². The van der Waals surface area contributed by atoms with E-state index in [4.69, 9.17) is 14.2 Å². The molecule has 104 valence electrons. The maximum absolute atomic E-state index is 12.6. The number of rotatable bonds is 4. The Morgan fingerprint density at radius 2 is 1.84 bits per heavy atom. The van der Waals surface area contributed by atoms with Gasteiger partial charge in [0.2, 0.25) is 0 Å². The van der Waals surface area contributed by atoms with Gasteiger partial charge in [-0.05, 0) is 18.6 Å². The lowest BCUT2D eigenvalue weighted by molar-refractivity contribution is -0.303.